The Morgan fingerprint density at radius 1 is 0.296 bits per heavy atom. The van der Waals surface area contributed by atoms with Gasteiger partial charge in [-0.05, 0) is 96.3 Å². The largest absolute Gasteiger partial charge is 0.462 e. The smallest absolute Gasteiger partial charge is 0.306 e. The molecule has 0 heterocycles. The quantitative estimate of drug-likeness (QED) is 0.0261. The molecule has 0 fully saturated rings. The summed E-state index contributed by atoms with van der Waals surface area (Å²) in [6.45, 7) is 6.37. The van der Waals surface area contributed by atoms with Gasteiger partial charge in [-0.1, -0.05) is 259 Å². The van der Waals surface area contributed by atoms with Crippen LogP contribution in [0.15, 0.2) is 97.2 Å². The lowest BCUT2D eigenvalue weighted by atomic mass is 10.0. The van der Waals surface area contributed by atoms with E-state index in [4.69, 9.17) is 14.2 Å². The summed E-state index contributed by atoms with van der Waals surface area (Å²) < 4.78 is 16.8. The summed E-state index contributed by atoms with van der Waals surface area (Å²) in [5, 5.41) is 0. The molecule has 0 spiro atoms. The molecule has 0 radical (unpaired) electrons. The second kappa shape index (κ2) is 58.9. The van der Waals surface area contributed by atoms with Gasteiger partial charge in [0.25, 0.3) is 0 Å². The van der Waals surface area contributed by atoms with Crippen molar-refractivity contribution in [1.82, 2.24) is 0 Å². The van der Waals surface area contributed by atoms with Crippen LogP contribution in [-0.2, 0) is 28.6 Å². The van der Waals surface area contributed by atoms with Crippen LogP contribution < -0.4 is 0 Å². The number of allylic oxidation sites excluding steroid dienone is 16. The zero-order valence-corrected chi connectivity index (χ0v) is 46.5. The molecule has 1 atom stereocenters. The van der Waals surface area contributed by atoms with E-state index in [9.17, 15) is 14.4 Å². The highest BCUT2D eigenvalue weighted by Gasteiger charge is 2.19. The van der Waals surface area contributed by atoms with Gasteiger partial charge in [0.05, 0.1) is 0 Å². The van der Waals surface area contributed by atoms with Gasteiger partial charge in [0, 0.05) is 19.3 Å². The molecule has 71 heavy (non-hydrogen) atoms. The lowest BCUT2D eigenvalue weighted by Crippen LogP contribution is -2.30. The Kier molecular flexibility index (Phi) is 55.9. The van der Waals surface area contributed by atoms with Gasteiger partial charge in [-0.25, -0.2) is 0 Å². The van der Waals surface area contributed by atoms with Crippen LogP contribution in [-0.4, -0.2) is 37.2 Å². The Morgan fingerprint density at radius 2 is 0.549 bits per heavy atom. The van der Waals surface area contributed by atoms with Crippen LogP contribution in [0.4, 0.5) is 0 Å². The average molecular weight is 988 g/mol. The molecule has 0 bridgehead atoms. The molecule has 0 aromatic carbocycles. The number of ether oxygens (including phenoxy) is 3. The molecule has 0 saturated heterocycles. The second-order valence-corrected chi connectivity index (χ2v) is 19.5. The fourth-order valence-corrected chi connectivity index (χ4v) is 8.19. The van der Waals surface area contributed by atoms with Gasteiger partial charge in [0.2, 0.25) is 0 Å². The minimum Gasteiger partial charge on any atom is -0.462 e. The molecule has 1 unspecified atom stereocenters. The lowest BCUT2D eigenvalue weighted by Gasteiger charge is -2.18. The highest BCUT2D eigenvalue weighted by Crippen LogP contribution is 2.16. The van der Waals surface area contributed by atoms with E-state index >= 15 is 0 Å². The van der Waals surface area contributed by atoms with Crippen LogP contribution in [0, 0.1) is 0 Å². The molecule has 0 aliphatic heterocycles. The minimum atomic E-state index is -0.789. The number of unbranched alkanes of at least 4 members (excludes halogenated alkanes) is 26. The van der Waals surface area contributed by atoms with Gasteiger partial charge in [-0.15, -0.1) is 0 Å². The predicted octanol–water partition coefficient (Wildman–Crippen LogP) is 20.1. The first-order valence-corrected chi connectivity index (χ1v) is 29.7. The van der Waals surface area contributed by atoms with Crippen LogP contribution in [0.1, 0.15) is 278 Å². The van der Waals surface area contributed by atoms with E-state index in [1.165, 1.54) is 122 Å². The van der Waals surface area contributed by atoms with E-state index in [2.05, 4.69) is 118 Å². The number of esters is 3. The first-order chi connectivity index (χ1) is 35.0. The maximum Gasteiger partial charge on any atom is 0.306 e. The van der Waals surface area contributed by atoms with Crippen molar-refractivity contribution in [1.29, 1.82) is 0 Å². The number of hydrogen-bond acceptors (Lipinski definition) is 6. The van der Waals surface area contributed by atoms with Gasteiger partial charge in [-0.3, -0.25) is 14.4 Å². The molecule has 0 aliphatic carbocycles. The average Bonchev–Trinajstić information content (AvgIpc) is 3.37. The summed E-state index contributed by atoms with van der Waals surface area (Å²) in [7, 11) is 0. The number of rotatable bonds is 53. The van der Waals surface area contributed by atoms with Gasteiger partial charge in [0.15, 0.2) is 6.10 Å². The van der Waals surface area contributed by atoms with Crippen molar-refractivity contribution >= 4 is 17.9 Å². The van der Waals surface area contributed by atoms with E-state index in [0.29, 0.717) is 19.3 Å². The summed E-state index contributed by atoms with van der Waals surface area (Å²) >= 11 is 0. The number of hydrogen-bond donors (Lipinski definition) is 0. The van der Waals surface area contributed by atoms with Crippen molar-refractivity contribution in [2.24, 2.45) is 0 Å². The van der Waals surface area contributed by atoms with Crippen molar-refractivity contribution in [2.75, 3.05) is 13.2 Å². The van der Waals surface area contributed by atoms with Gasteiger partial charge in [-0.2, -0.15) is 0 Å². The maximum atomic E-state index is 12.8. The van der Waals surface area contributed by atoms with E-state index < -0.39 is 6.10 Å². The summed E-state index contributed by atoms with van der Waals surface area (Å²) in [6.07, 6.45) is 78.6. The fourth-order valence-electron chi connectivity index (χ4n) is 8.19. The summed E-state index contributed by atoms with van der Waals surface area (Å²) in [5.74, 6) is -0.915. The third-order valence-electron chi connectivity index (χ3n) is 12.6. The molecular weight excluding hydrogens is 877 g/mol. The lowest BCUT2D eigenvalue weighted by molar-refractivity contribution is -0.167. The van der Waals surface area contributed by atoms with Gasteiger partial charge < -0.3 is 14.2 Å². The molecule has 0 aromatic rings. The molecule has 0 rings (SSSR count). The van der Waals surface area contributed by atoms with Crippen LogP contribution in [0.25, 0.3) is 0 Å². The second-order valence-electron chi connectivity index (χ2n) is 19.5. The number of carbonyl (C=O) groups excluding carboxylic acids is 3. The van der Waals surface area contributed by atoms with Crippen molar-refractivity contribution < 1.29 is 28.6 Å². The van der Waals surface area contributed by atoms with Crippen LogP contribution >= 0.6 is 0 Å². The SMILES string of the molecule is CC/C=C\C/C=C\C/C=C\C/C=C\C/C=C\CCCCCCCCCCCCCCCCCC(=O)OCC(COC(=O)CCCCCCCCCCC)OC(=O)CCCCC/C=C\C/C=C\C/C=C\CC. The van der Waals surface area contributed by atoms with E-state index in [1.807, 2.05) is 0 Å². The Balaban J connectivity index is 4.11. The first kappa shape index (κ1) is 67.3. The Bertz CT molecular complexity index is 1410. The zero-order chi connectivity index (χ0) is 51.4. The minimum absolute atomic E-state index is 0.0864. The van der Waals surface area contributed by atoms with Gasteiger partial charge >= 0.3 is 17.9 Å². The van der Waals surface area contributed by atoms with E-state index in [0.717, 1.165) is 116 Å². The number of carbonyl (C=O) groups is 3. The summed E-state index contributed by atoms with van der Waals surface area (Å²) in [6, 6.07) is 0. The standard InChI is InChI=1S/C65H110O6/c1-4-7-10-13-16-19-21-23-24-25-26-27-28-29-30-31-32-33-34-35-36-37-38-39-40-42-43-46-49-52-55-58-64(67)70-61-62(60-69-63(66)57-54-51-48-45-18-15-12-9-6-3)71-65(68)59-56-53-50-47-44-41-22-20-17-14-11-8-5-2/h7-8,10-11,16-17,19-20,23-24,26-27,29-30,41,44,62H,4-6,9,12-15,18,21-22,25,28,31-40,42-43,45-61H2,1-3H3/b10-7-,11-8-,19-16-,20-17-,24-23-,27-26-,30-29-,44-41-. The molecule has 0 aliphatic rings. The Hall–Kier alpha value is -3.67. The van der Waals surface area contributed by atoms with E-state index in [1.54, 1.807) is 0 Å². The zero-order valence-electron chi connectivity index (χ0n) is 46.5. The monoisotopic (exact) mass is 987 g/mol. The molecular formula is C65H110O6. The predicted molar refractivity (Wildman–Crippen MR) is 307 cm³/mol. The highest BCUT2D eigenvalue weighted by molar-refractivity contribution is 5.71. The molecule has 6 nitrogen and oxygen atoms in total. The van der Waals surface area contributed by atoms with Crippen molar-refractivity contribution in [3.63, 3.8) is 0 Å². The molecule has 0 amide bonds. The van der Waals surface area contributed by atoms with Crippen molar-refractivity contribution in [3.8, 4) is 0 Å². The highest BCUT2D eigenvalue weighted by atomic mass is 16.6. The van der Waals surface area contributed by atoms with Crippen LogP contribution in [0.5, 0.6) is 0 Å². The summed E-state index contributed by atoms with van der Waals surface area (Å²) in [4.78, 5) is 38.0. The molecule has 0 N–H and O–H groups in total. The van der Waals surface area contributed by atoms with Crippen molar-refractivity contribution in [3.05, 3.63) is 97.2 Å². The fraction of sp³-hybridized carbons (Fsp3) is 0.708. The third-order valence-corrected chi connectivity index (χ3v) is 12.6. The van der Waals surface area contributed by atoms with Crippen molar-refractivity contribution in [2.45, 2.75) is 284 Å². The normalized spacial score (nSPS) is 12.8. The first-order valence-electron chi connectivity index (χ1n) is 29.7. The Labute approximate surface area is 438 Å². The van der Waals surface area contributed by atoms with Crippen LogP contribution in [0.2, 0.25) is 0 Å². The Morgan fingerprint density at radius 3 is 0.873 bits per heavy atom. The maximum absolute atomic E-state index is 12.8. The van der Waals surface area contributed by atoms with E-state index in [-0.39, 0.29) is 31.1 Å². The molecule has 0 saturated carbocycles. The summed E-state index contributed by atoms with van der Waals surface area (Å²) in [5.41, 5.74) is 0. The van der Waals surface area contributed by atoms with Crippen LogP contribution in [0.3, 0.4) is 0 Å². The molecule has 6 heteroatoms. The topological polar surface area (TPSA) is 78.9 Å². The third kappa shape index (κ3) is 57.1. The molecule has 0 aromatic heterocycles. The van der Waals surface area contributed by atoms with Gasteiger partial charge in [0.1, 0.15) is 13.2 Å². The molecule has 406 valence electrons.